The monoisotopic (exact) mass is 472 g/mol. The average Bonchev–Trinajstić information content (AvgIpc) is 3.19. The highest BCUT2D eigenvalue weighted by Gasteiger charge is 2.39. The maximum absolute atomic E-state index is 12.9. The van der Waals surface area contributed by atoms with Gasteiger partial charge in [-0.15, -0.1) is 0 Å². The highest BCUT2D eigenvalue weighted by molar-refractivity contribution is 6.05. The van der Waals surface area contributed by atoms with Crippen molar-refractivity contribution in [2.45, 2.75) is 69.8 Å². The largest absolute Gasteiger partial charge is 0.489 e. The second-order valence-corrected chi connectivity index (χ2v) is 9.43. The predicted molar refractivity (Wildman–Crippen MR) is 129 cm³/mol. The van der Waals surface area contributed by atoms with Crippen molar-refractivity contribution in [1.29, 1.82) is 0 Å². The minimum atomic E-state index is -0.620. The number of piperidine rings is 1. The number of nitrogens with one attached hydrogen (secondary N) is 2. The van der Waals surface area contributed by atoms with Crippen LogP contribution in [0.25, 0.3) is 4.85 Å². The minimum absolute atomic E-state index is 0.00851. The Balaban J connectivity index is 1.25. The number of nitrogens with zero attached hydrogens (tertiary/aromatic N) is 2. The van der Waals surface area contributed by atoms with Crippen LogP contribution in [0.5, 0.6) is 5.75 Å². The van der Waals surface area contributed by atoms with Crippen LogP contribution in [0.2, 0.25) is 0 Å². The molecule has 8 heteroatoms. The van der Waals surface area contributed by atoms with Gasteiger partial charge in [-0.2, -0.15) is 0 Å². The van der Waals surface area contributed by atoms with E-state index in [0.717, 1.165) is 42.6 Å². The Hall–Kier alpha value is -3.70. The summed E-state index contributed by atoms with van der Waals surface area (Å²) in [6.45, 7) is 8.22. The molecule has 1 unspecified atom stereocenters. The summed E-state index contributed by atoms with van der Waals surface area (Å²) in [5.41, 5.74) is 3.14. The number of imide groups is 1. The zero-order valence-electron chi connectivity index (χ0n) is 19.5. The van der Waals surface area contributed by atoms with Crippen LogP contribution in [-0.4, -0.2) is 40.8 Å². The van der Waals surface area contributed by atoms with Crippen molar-refractivity contribution in [3.8, 4) is 5.75 Å². The number of ether oxygens (including phenoxy) is 1. The van der Waals surface area contributed by atoms with E-state index < -0.39 is 11.9 Å². The van der Waals surface area contributed by atoms with Crippen LogP contribution >= 0.6 is 0 Å². The molecule has 1 aliphatic carbocycles. The summed E-state index contributed by atoms with van der Waals surface area (Å²) >= 11 is 0. The highest BCUT2D eigenvalue weighted by atomic mass is 16.5. The molecule has 2 aromatic carbocycles. The van der Waals surface area contributed by atoms with Crippen LogP contribution in [0.15, 0.2) is 42.5 Å². The summed E-state index contributed by atoms with van der Waals surface area (Å²) < 4.78 is 6.41. The van der Waals surface area contributed by atoms with E-state index in [0.29, 0.717) is 30.8 Å². The van der Waals surface area contributed by atoms with E-state index in [-0.39, 0.29) is 30.4 Å². The first-order chi connectivity index (χ1) is 17.0. The third-order valence-corrected chi connectivity index (χ3v) is 7.09. The first-order valence-electron chi connectivity index (χ1n) is 12.2. The van der Waals surface area contributed by atoms with Gasteiger partial charge < -0.3 is 15.0 Å². The van der Waals surface area contributed by atoms with Crippen molar-refractivity contribution in [2.75, 3.05) is 0 Å². The number of benzene rings is 2. The van der Waals surface area contributed by atoms with E-state index >= 15 is 0 Å². The maximum atomic E-state index is 12.9. The lowest BCUT2D eigenvalue weighted by Crippen LogP contribution is -2.52. The molecule has 0 spiro atoms. The third kappa shape index (κ3) is 4.91. The number of carbonyl (C=O) groups is 3. The molecule has 0 aromatic heterocycles. The number of hydrogen-bond acceptors (Lipinski definition) is 5. The Labute approximate surface area is 204 Å². The highest BCUT2D eigenvalue weighted by Crippen LogP contribution is 2.32. The topological polar surface area (TPSA) is 92.1 Å². The summed E-state index contributed by atoms with van der Waals surface area (Å²) in [6, 6.07) is 12.7. The first-order valence-corrected chi connectivity index (χ1v) is 12.2. The fourth-order valence-corrected chi connectivity index (χ4v) is 5.26. The molecule has 3 atom stereocenters. The second kappa shape index (κ2) is 9.88. The number of rotatable bonds is 6. The van der Waals surface area contributed by atoms with Crippen LogP contribution in [-0.2, 0) is 22.7 Å². The Kier molecular flexibility index (Phi) is 6.51. The molecule has 2 N–H and O–H groups in total. The molecular formula is C27H28N4O4. The molecule has 0 bridgehead atoms. The zero-order valence-corrected chi connectivity index (χ0v) is 19.5. The number of amides is 3. The summed E-state index contributed by atoms with van der Waals surface area (Å²) in [7, 11) is 0. The fourth-order valence-electron chi connectivity index (χ4n) is 5.26. The lowest BCUT2D eigenvalue weighted by Gasteiger charge is -2.33. The van der Waals surface area contributed by atoms with Crippen molar-refractivity contribution in [1.82, 2.24) is 15.5 Å². The van der Waals surface area contributed by atoms with Gasteiger partial charge in [-0.25, -0.2) is 4.85 Å². The van der Waals surface area contributed by atoms with Gasteiger partial charge in [0.2, 0.25) is 11.8 Å². The van der Waals surface area contributed by atoms with Gasteiger partial charge in [0.05, 0.1) is 6.57 Å². The zero-order chi connectivity index (χ0) is 24.4. The van der Waals surface area contributed by atoms with Gasteiger partial charge >= 0.3 is 0 Å². The van der Waals surface area contributed by atoms with Crippen LogP contribution in [0.1, 0.15) is 60.0 Å². The predicted octanol–water partition coefficient (Wildman–Crippen LogP) is 3.48. The Morgan fingerprint density at radius 2 is 1.94 bits per heavy atom. The average molecular weight is 473 g/mol. The van der Waals surface area contributed by atoms with E-state index in [9.17, 15) is 14.4 Å². The molecule has 2 heterocycles. The molecule has 0 radical (unpaired) electrons. The lowest BCUT2D eigenvalue weighted by molar-refractivity contribution is -0.136. The number of carbonyl (C=O) groups excluding carboxylic acids is 3. The molecule has 2 aromatic rings. The molecule has 8 nitrogen and oxygen atoms in total. The molecule has 1 saturated carbocycles. The van der Waals surface area contributed by atoms with Gasteiger partial charge in [0.15, 0.2) is 5.69 Å². The van der Waals surface area contributed by atoms with Gasteiger partial charge in [0.25, 0.3) is 5.91 Å². The normalized spacial score (nSPS) is 24.0. The van der Waals surface area contributed by atoms with E-state index in [1.807, 2.05) is 36.4 Å². The van der Waals surface area contributed by atoms with Crippen molar-refractivity contribution in [2.24, 2.45) is 0 Å². The smallest absolute Gasteiger partial charge is 0.255 e. The summed E-state index contributed by atoms with van der Waals surface area (Å²) in [5, 5.41) is 5.95. The molecule has 35 heavy (non-hydrogen) atoms. The quantitative estimate of drug-likeness (QED) is 0.496. The molecule has 2 fully saturated rings. The van der Waals surface area contributed by atoms with E-state index in [2.05, 4.69) is 15.5 Å². The van der Waals surface area contributed by atoms with Crippen molar-refractivity contribution >= 4 is 23.4 Å². The summed E-state index contributed by atoms with van der Waals surface area (Å²) in [6.07, 6.45) is 4.79. The van der Waals surface area contributed by atoms with E-state index in [1.165, 1.54) is 0 Å². The molecule has 3 aliphatic rings. The SMILES string of the molecule is [C-]#[N+]c1cccc(CN[C@@H]2CCCC[C@@H]2Oc2ccc3c(c2)CN(C2CCC(=O)NC2=O)C3=O)c1. The molecule has 180 valence electrons. The van der Waals surface area contributed by atoms with Crippen molar-refractivity contribution in [3.63, 3.8) is 0 Å². The summed E-state index contributed by atoms with van der Waals surface area (Å²) in [4.78, 5) is 41.8. The minimum Gasteiger partial charge on any atom is -0.489 e. The van der Waals surface area contributed by atoms with Gasteiger partial charge in [-0.05, 0) is 55.0 Å². The molecule has 2 aliphatic heterocycles. The third-order valence-electron chi connectivity index (χ3n) is 7.09. The van der Waals surface area contributed by atoms with Gasteiger partial charge in [-0.1, -0.05) is 30.7 Å². The lowest BCUT2D eigenvalue weighted by atomic mass is 9.92. The standard InChI is InChI=1S/C27H28N4O4/c1-28-19-6-4-5-17(13-19)15-29-22-7-2-3-8-24(22)35-20-9-10-21-18(14-20)16-31(27(21)34)23-11-12-25(32)30-26(23)33/h4-6,9-10,13-14,22-24,29H,2-3,7-8,11-12,15-16H2,(H,30,32,33)/t22-,23?,24+/m1/s1. The van der Waals surface area contributed by atoms with Crippen molar-refractivity contribution in [3.05, 3.63) is 70.6 Å². The van der Waals surface area contributed by atoms with Crippen LogP contribution in [0, 0.1) is 6.57 Å². The van der Waals surface area contributed by atoms with Crippen LogP contribution < -0.4 is 15.4 Å². The molecular weight excluding hydrogens is 444 g/mol. The number of fused-ring (bicyclic) bond motifs is 1. The van der Waals surface area contributed by atoms with Crippen molar-refractivity contribution < 1.29 is 19.1 Å². The van der Waals surface area contributed by atoms with E-state index in [1.54, 1.807) is 11.0 Å². The molecule has 1 saturated heterocycles. The maximum Gasteiger partial charge on any atom is 0.255 e. The second-order valence-electron chi connectivity index (χ2n) is 9.43. The van der Waals surface area contributed by atoms with Gasteiger partial charge in [0, 0.05) is 31.1 Å². The Morgan fingerprint density at radius 1 is 1.09 bits per heavy atom. The first kappa shape index (κ1) is 23.1. The molecule has 3 amide bonds. The van der Waals surface area contributed by atoms with E-state index in [4.69, 9.17) is 11.3 Å². The van der Waals surface area contributed by atoms with Gasteiger partial charge in [-0.3, -0.25) is 19.7 Å². The Bertz CT molecular complexity index is 1200. The summed E-state index contributed by atoms with van der Waals surface area (Å²) in [5.74, 6) is -0.159. The van der Waals surface area contributed by atoms with Crippen LogP contribution in [0.3, 0.4) is 0 Å². The van der Waals surface area contributed by atoms with Gasteiger partial charge in [0.1, 0.15) is 17.9 Å². The fraction of sp³-hybridized carbons (Fsp3) is 0.407. The Morgan fingerprint density at radius 3 is 2.77 bits per heavy atom. The number of hydrogen-bond donors (Lipinski definition) is 2. The van der Waals surface area contributed by atoms with Crippen LogP contribution in [0.4, 0.5) is 5.69 Å². The molecule has 5 rings (SSSR count).